The molecule has 9 nitrogen and oxygen atoms in total. The van der Waals surface area contributed by atoms with Gasteiger partial charge in [-0.15, -0.1) is 0 Å². The summed E-state index contributed by atoms with van der Waals surface area (Å²) < 4.78 is 22.4. The summed E-state index contributed by atoms with van der Waals surface area (Å²) in [5.41, 5.74) is -0.538. The average molecular weight is 520 g/mol. The Hall–Kier alpha value is -2.24. The second-order valence-electron chi connectivity index (χ2n) is 9.97. The van der Waals surface area contributed by atoms with E-state index in [1.54, 1.807) is 4.57 Å². The average Bonchev–Trinajstić information content (AvgIpc) is 2.90. The van der Waals surface area contributed by atoms with Gasteiger partial charge in [-0.05, 0) is 56.1 Å². The normalized spacial score (nSPS) is 24.1. The molecule has 1 saturated carbocycles. The summed E-state index contributed by atoms with van der Waals surface area (Å²) in [7, 11) is 0. The molecule has 11 heteroatoms. The second-order valence-corrected chi connectivity index (χ2v) is 11.2. The first-order valence-electron chi connectivity index (χ1n) is 13.0. The number of morpholine rings is 1. The van der Waals surface area contributed by atoms with Gasteiger partial charge in [-0.25, -0.2) is 14.2 Å². The van der Waals surface area contributed by atoms with Crippen LogP contribution in [0, 0.1) is 5.82 Å². The van der Waals surface area contributed by atoms with Crippen LogP contribution in [0.15, 0.2) is 21.9 Å². The van der Waals surface area contributed by atoms with Crippen LogP contribution in [0.25, 0.3) is 11.0 Å². The molecule has 196 valence electrons. The number of thioether (sulfide) groups is 1. The standard InChI is InChI=1S/C25H34FN5O4S/c26-17-15-21-23(27-16-17)30(20-6-13-36-14-7-20)25(34)31(24(21)33)19-3-1-18(2-4-19)28-22(32)5-8-29-9-11-35-12-10-29/h15-16,18-20H,1-14H2,(H,28,32). The van der Waals surface area contributed by atoms with Crippen LogP contribution in [0.1, 0.15) is 57.0 Å². The van der Waals surface area contributed by atoms with Crippen molar-refractivity contribution in [2.75, 3.05) is 44.4 Å². The minimum atomic E-state index is -0.584. The minimum absolute atomic E-state index is 0.0336. The van der Waals surface area contributed by atoms with E-state index in [9.17, 15) is 18.8 Å². The Kier molecular flexibility index (Phi) is 8.07. The van der Waals surface area contributed by atoms with E-state index >= 15 is 0 Å². The molecule has 5 rings (SSSR count). The topological polar surface area (TPSA) is 98.5 Å². The van der Waals surface area contributed by atoms with Crippen LogP contribution in [0.2, 0.25) is 0 Å². The van der Waals surface area contributed by atoms with E-state index in [2.05, 4.69) is 15.2 Å². The zero-order chi connectivity index (χ0) is 25.1. The quantitative estimate of drug-likeness (QED) is 0.624. The van der Waals surface area contributed by atoms with E-state index in [0.717, 1.165) is 50.2 Å². The molecule has 3 fully saturated rings. The van der Waals surface area contributed by atoms with Crippen LogP contribution in [0.4, 0.5) is 4.39 Å². The van der Waals surface area contributed by atoms with Crippen molar-refractivity contribution in [1.29, 1.82) is 0 Å². The Labute approximate surface area is 213 Å². The Morgan fingerprint density at radius 3 is 2.47 bits per heavy atom. The third kappa shape index (κ3) is 5.52. The smallest absolute Gasteiger partial charge is 0.333 e. The maximum absolute atomic E-state index is 14.1. The predicted octanol–water partition coefficient (Wildman–Crippen LogP) is 2.09. The molecule has 0 radical (unpaired) electrons. The molecule has 0 bridgehead atoms. The Balaban J connectivity index is 1.30. The molecular weight excluding hydrogens is 485 g/mol. The highest BCUT2D eigenvalue weighted by Gasteiger charge is 2.29. The molecular formula is C25H34FN5O4S. The number of fused-ring (bicyclic) bond motifs is 1. The molecule has 1 N–H and O–H groups in total. The van der Waals surface area contributed by atoms with E-state index in [4.69, 9.17) is 4.74 Å². The molecule has 36 heavy (non-hydrogen) atoms. The van der Waals surface area contributed by atoms with E-state index in [0.29, 0.717) is 45.3 Å². The van der Waals surface area contributed by atoms with Gasteiger partial charge in [-0.3, -0.25) is 23.6 Å². The first-order valence-corrected chi connectivity index (χ1v) is 14.2. The third-order valence-electron chi connectivity index (χ3n) is 7.66. The lowest BCUT2D eigenvalue weighted by molar-refractivity contribution is -0.122. The maximum Gasteiger partial charge on any atom is 0.333 e. The lowest BCUT2D eigenvalue weighted by Crippen LogP contribution is -2.47. The fraction of sp³-hybridized carbons (Fsp3) is 0.680. The monoisotopic (exact) mass is 519 g/mol. The van der Waals surface area contributed by atoms with Gasteiger partial charge in [0.1, 0.15) is 11.5 Å². The summed E-state index contributed by atoms with van der Waals surface area (Å²) in [6, 6.07) is 0.914. The van der Waals surface area contributed by atoms with Crippen LogP contribution in [0.5, 0.6) is 0 Å². The summed E-state index contributed by atoms with van der Waals surface area (Å²) >= 11 is 1.85. The van der Waals surface area contributed by atoms with Gasteiger partial charge in [0.2, 0.25) is 5.91 Å². The van der Waals surface area contributed by atoms with Crippen molar-refractivity contribution in [3.8, 4) is 0 Å². The molecule has 0 spiro atoms. The van der Waals surface area contributed by atoms with Crippen molar-refractivity contribution >= 4 is 28.7 Å². The third-order valence-corrected chi connectivity index (χ3v) is 8.71. The van der Waals surface area contributed by atoms with Crippen LogP contribution >= 0.6 is 11.8 Å². The van der Waals surface area contributed by atoms with Gasteiger partial charge < -0.3 is 10.1 Å². The van der Waals surface area contributed by atoms with Gasteiger partial charge in [0.15, 0.2) is 0 Å². The highest BCUT2D eigenvalue weighted by Crippen LogP contribution is 2.30. The van der Waals surface area contributed by atoms with Crippen molar-refractivity contribution in [3.63, 3.8) is 0 Å². The van der Waals surface area contributed by atoms with Crippen molar-refractivity contribution in [2.24, 2.45) is 0 Å². The fourth-order valence-electron chi connectivity index (χ4n) is 5.66. The molecule has 1 amide bonds. The minimum Gasteiger partial charge on any atom is -0.379 e. The number of halogens is 1. The van der Waals surface area contributed by atoms with Crippen molar-refractivity contribution < 1.29 is 13.9 Å². The Bertz CT molecular complexity index is 1200. The largest absolute Gasteiger partial charge is 0.379 e. The van der Waals surface area contributed by atoms with E-state index in [1.807, 2.05) is 11.8 Å². The van der Waals surface area contributed by atoms with Crippen molar-refractivity contribution in [3.05, 3.63) is 38.9 Å². The SMILES string of the molecule is O=C(CCN1CCOCC1)NC1CCC(n2c(=O)c3cc(F)cnc3n(C3CCSCC3)c2=O)CC1. The number of carbonyl (C=O) groups excluding carboxylic acids is 1. The first-order chi connectivity index (χ1) is 17.5. The number of carbonyl (C=O) groups is 1. The van der Waals surface area contributed by atoms with Crippen LogP contribution < -0.4 is 16.6 Å². The summed E-state index contributed by atoms with van der Waals surface area (Å²) in [6.45, 7) is 3.86. The number of amides is 1. The van der Waals surface area contributed by atoms with E-state index < -0.39 is 11.4 Å². The van der Waals surface area contributed by atoms with Crippen molar-refractivity contribution in [1.82, 2.24) is 24.3 Å². The Morgan fingerprint density at radius 2 is 1.75 bits per heavy atom. The number of hydrogen-bond donors (Lipinski definition) is 1. The van der Waals surface area contributed by atoms with Gasteiger partial charge in [0.25, 0.3) is 5.56 Å². The highest BCUT2D eigenvalue weighted by atomic mass is 32.2. The van der Waals surface area contributed by atoms with Crippen LogP contribution in [-0.4, -0.2) is 75.3 Å². The lowest BCUT2D eigenvalue weighted by atomic mass is 9.90. The molecule has 0 atom stereocenters. The molecule has 3 aliphatic rings. The van der Waals surface area contributed by atoms with Crippen molar-refractivity contribution in [2.45, 2.75) is 63.1 Å². The molecule has 4 heterocycles. The molecule has 0 aromatic carbocycles. The number of nitrogens with zero attached hydrogens (tertiary/aromatic N) is 4. The second kappa shape index (κ2) is 11.4. The van der Waals surface area contributed by atoms with E-state index in [1.165, 1.54) is 10.6 Å². The highest BCUT2D eigenvalue weighted by molar-refractivity contribution is 7.99. The molecule has 2 aromatic heterocycles. The van der Waals surface area contributed by atoms with Gasteiger partial charge in [-0.1, -0.05) is 0 Å². The summed E-state index contributed by atoms with van der Waals surface area (Å²) in [5.74, 6) is 1.33. The Morgan fingerprint density at radius 1 is 1.06 bits per heavy atom. The maximum atomic E-state index is 14.1. The summed E-state index contributed by atoms with van der Waals surface area (Å²) in [5, 5.41) is 3.29. The first kappa shape index (κ1) is 25.4. The molecule has 1 aliphatic carbocycles. The predicted molar refractivity (Wildman–Crippen MR) is 137 cm³/mol. The number of ether oxygens (including phenoxy) is 1. The molecule has 2 saturated heterocycles. The molecule has 0 unspecified atom stereocenters. The fourth-order valence-corrected chi connectivity index (χ4v) is 6.74. The molecule has 2 aliphatic heterocycles. The molecule has 2 aromatic rings. The number of nitrogens with one attached hydrogen (secondary N) is 1. The van der Waals surface area contributed by atoms with E-state index in [-0.39, 0.29) is 40.8 Å². The number of pyridine rings is 1. The van der Waals surface area contributed by atoms with Crippen LogP contribution in [0.3, 0.4) is 0 Å². The number of aromatic nitrogens is 3. The van der Waals surface area contributed by atoms with Crippen LogP contribution in [-0.2, 0) is 9.53 Å². The summed E-state index contributed by atoms with van der Waals surface area (Å²) in [6.07, 6.45) is 5.77. The van der Waals surface area contributed by atoms with Gasteiger partial charge >= 0.3 is 5.69 Å². The summed E-state index contributed by atoms with van der Waals surface area (Å²) in [4.78, 5) is 46.0. The van der Waals surface area contributed by atoms with Gasteiger partial charge in [-0.2, -0.15) is 11.8 Å². The van der Waals surface area contributed by atoms with Gasteiger partial charge in [0, 0.05) is 44.2 Å². The van der Waals surface area contributed by atoms with Gasteiger partial charge in [0.05, 0.1) is 24.8 Å². The number of hydrogen-bond acceptors (Lipinski definition) is 7. The zero-order valence-electron chi connectivity index (χ0n) is 20.5. The zero-order valence-corrected chi connectivity index (χ0v) is 21.3. The lowest BCUT2D eigenvalue weighted by Gasteiger charge is -2.32. The number of rotatable bonds is 6.